The largest absolute Gasteiger partial charge is 0.347 e. The molecular formula is C6H3BrIN3O. The normalized spacial score (nSPS) is 10.8. The maximum Gasteiger partial charge on any atom is 0.347 e. The number of pyridine rings is 1. The second kappa shape index (κ2) is 2.84. The molecule has 4 nitrogen and oxygen atoms in total. The molecule has 2 rings (SSSR count). The van der Waals surface area contributed by atoms with E-state index in [2.05, 4.69) is 48.7 Å². The summed E-state index contributed by atoms with van der Waals surface area (Å²) in [6.45, 7) is 0. The summed E-state index contributed by atoms with van der Waals surface area (Å²) in [6, 6.07) is 1.84. The Hall–Kier alpha value is -0.370. The van der Waals surface area contributed by atoms with E-state index in [1.54, 1.807) is 6.20 Å². The van der Waals surface area contributed by atoms with E-state index < -0.39 is 0 Å². The smallest absolute Gasteiger partial charge is 0.249 e. The molecule has 0 spiro atoms. The van der Waals surface area contributed by atoms with Gasteiger partial charge in [-0.05, 0) is 44.6 Å². The summed E-state index contributed by atoms with van der Waals surface area (Å²) in [5, 5.41) is 6.22. The van der Waals surface area contributed by atoms with Crippen molar-refractivity contribution >= 4 is 44.2 Å². The lowest BCUT2D eigenvalue weighted by atomic mass is 10.5. The van der Waals surface area contributed by atoms with Crippen molar-refractivity contribution in [2.45, 2.75) is 0 Å². The number of H-pyrrole nitrogens is 1. The molecule has 0 saturated carbocycles. The van der Waals surface area contributed by atoms with Gasteiger partial charge in [0.25, 0.3) is 0 Å². The fraction of sp³-hybridized carbons (Fsp3) is 0. The zero-order chi connectivity index (χ0) is 8.72. The number of nitrogens with one attached hydrogen (secondary N) is 1. The summed E-state index contributed by atoms with van der Waals surface area (Å²) in [4.78, 5) is 11.1. The van der Waals surface area contributed by atoms with Gasteiger partial charge in [-0.15, -0.1) is 0 Å². The first kappa shape index (κ1) is 8.24. The highest BCUT2D eigenvalue weighted by Gasteiger charge is 2.05. The SMILES string of the molecule is O=c1[nH]nc2c(Br)c(I)ccn12. The zero-order valence-electron chi connectivity index (χ0n) is 5.71. The van der Waals surface area contributed by atoms with E-state index in [0.717, 1.165) is 8.04 Å². The third kappa shape index (κ3) is 1.09. The highest BCUT2D eigenvalue weighted by atomic mass is 127. The molecule has 0 unspecified atom stereocenters. The number of aromatic amines is 1. The molecule has 0 aliphatic heterocycles. The highest BCUT2D eigenvalue weighted by molar-refractivity contribution is 14.1. The molecule has 0 bridgehead atoms. The van der Waals surface area contributed by atoms with Gasteiger partial charge in [-0.1, -0.05) is 0 Å². The molecule has 0 amide bonds. The Bertz CT molecular complexity index is 489. The van der Waals surface area contributed by atoms with Crippen LogP contribution in [0.1, 0.15) is 0 Å². The van der Waals surface area contributed by atoms with Crippen LogP contribution in [-0.4, -0.2) is 14.6 Å². The lowest BCUT2D eigenvalue weighted by molar-refractivity contribution is 1.02. The first-order valence-electron chi connectivity index (χ1n) is 3.11. The fourth-order valence-electron chi connectivity index (χ4n) is 0.918. The molecule has 0 fully saturated rings. The Labute approximate surface area is 89.2 Å². The minimum Gasteiger partial charge on any atom is -0.249 e. The Balaban J connectivity index is 3.02. The Morgan fingerprint density at radius 2 is 2.42 bits per heavy atom. The van der Waals surface area contributed by atoms with E-state index in [-0.39, 0.29) is 5.69 Å². The van der Waals surface area contributed by atoms with Crippen LogP contribution >= 0.6 is 38.5 Å². The average Bonchev–Trinajstić information content (AvgIpc) is 2.41. The second-order valence-corrected chi connectivity index (χ2v) is 4.16. The number of halogens is 2. The van der Waals surface area contributed by atoms with Crippen molar-refractivity contribution in [1.82, 2.24) is 14.6 Å². The number of hydrogen-bond acceptors (Lipinski definition) is 2. The zero-order valence-corrected chi connectivity index (χ0v) is 9.46. The molecule has 6 heteroatoms. The van der Waals surface area contributed by atoms with Crippen molar-refractivity contribution in [2.24, 2.45) is 0 Å². The maximum atomic E-state index is 11.1. The summed E-state index contributed by atoms with van der Waals surface area (Å²) < 4.78 is 3.31. The van der Waals surface area contributed by atoms with Crippen LogP contribution < -0.4 is 5.69 Å². The molecule has 0 aromatic carbocycles. The van der Waals surface area contributed by atoms with E-state index in [4.69, 9.17) is 0 Å². The standard InChI is InChI=1S/C6H3BrIN3O/c7-4-3(8)1-2-11-5(4)9-10-6(11)12/h1-2H,(H,10,12). The van der Waals surface area contributed by atoms with Gasteiger partial charge >= 0.3 is 5.69 Å². The molecule has 2 aromatic rings. The van der Waals surface area contributed by atoms with Gasteiger partial charge in [0.1, 0.15) is 0 Å². The number of aromatic nitrogens is 3. The quantitative estimate of drug-likeness (QED) is 0.737. The van der Waals surface area contributed by atoms with E-state index >= 15 is 0 Å². The second-order valence-electron chi connectivity index (χ2n) is 2.20. The fourth-order valence-corrected chi connectivity index (χ4v) is 1.73. The van der Waals surface area contributed by atoms with Gasteiger partial charge in [0.2, 0.25) is 0 Å². The van der Waals surface area contributed by atoms with E-state index in [9.17, 15) is 4.79 Å². The van der Waals surface area contributed by atoms with Crippen molar-refractivity contribution in [3.05, 3.63) is 30.8 Å². The van der Waals surface area contributed by atoms with Gasteiger partial charge in [0.05, 0.1) is 4.47 Å². The van der Waals surface area contributed by atoms with Crippen LogP contribution in [0.3, 0.4) is 0 Å². The van der Waals surface area contributed by atoms with Crippen LogP contribution in [0.5, 0.6) is 0 Å². The molecule has 0 atom stereocenters. The van der Waals surface area contributed by atoms with Gasteiger partial charge in [0, 0.05) is 9.77 Å². The minimum absolute atomic E-state index is 0.220. The molecule has 0 radical (unpaired) electrons. The third-order valence-corrected chi connectivity index (χ3v) is 3.90. The summed E-state index contributed by atoms with van der Waals surface area (Å²) in [6.07, 6.45) is 1.69. The highest BCUT2D eigenvalue weighted by Crippen LogP contribution is 2.21. The van der Waals surface area contributed by atoms with Gasteiger partial charge in [-0.25, -0.2) is 14.3 Å². The molecule has 0 aliphatic rings. The van der Waals surface area contributed by atoms with Crippen LogP contribution in [0.25, 0.3) is 5.65 Å². The van der Waals surface area contributed by atoms with Crippen molar-refractivity contribution in [2.75, 3.05) is 0 Å². The van der Waals surface area contributed by atoms with Crippen molar-refractivity contribution in [3.8, 4) is 0 Å². The minimum atomic E-state index is -0.220. The average molecular weight is 340 g/mol. The van der Waals surface area contributed by atoms with Crippen LogP contribution in [0, 0.1) is 3.57 Å². The lowest BCUT2D eigenvalue weighted by Gasteiger charge is -1.95. The third-order valence-electron chi connectivity index (χ3n) is 1.48. The van der Waals surface area contributed by atoms with Gasteiger partial charge in [0.15, 0.2) is 5.65 Å². The molecule has 1 N–H and O–H groups in total. The number of fused-ring (bicyclic) bond motifs is 1. The van der Waals surface area contributed by atoms with Gasteiger partial charge < -0.3 is 0 Å². The predicted molar refractivity (Wildman–Crippen MR) is 56.2 cm³/mol. The maximum absolute atomic E-state index is 11.1. The first-order chi connectivity index (χ1) is 5.70. The Kier molecular flexibility index (Phi) is 1.95. The van der Waals surface area contributed by atoms with Crippen LogP contribution in [-0.2, 0) is 0 Å². The van der Waals surface area contributed by atoms with Crippen molar-refractivity contribution in [1.29, 1.82) is 0 Å². The Morgan fingerprint density at radius 3 is 3.17 bits per heavy atom. The molecule has 2 aromatic heterocycles. The van der Waals surface area contributed by atoms with Crippen molar-refractivity contribution in [3.63, 3.8) is 0 Å². The molecule has 2 heterocycles. The van der Waals surface area contributed by atoms with E-state index in [1.807, 2.05) is 6.07 Å². The number of nitrogens with zero attached hydrogens (tertiary/aromatic N) is 2. The van der Waals surface area contributed by atoms with Crippen LogP contribution in [0.15, 0.2) is 21.5 Å². The molecule has 62 valence electrons. The summed E-state index contributed by atoms with van der Waals surface area (Å²) in [5.74, 6) is 0. The molecule has 0 aliphatic carbocycles. The monoisotopic (exact) mass is 339 g/mol. The van der Waals surface area contributed by atoms with Crippen LogP contribution in [0.4, 0.5) is 0 Å². The number of rotatable bonds is 0. The topological polar surface area (TPSA) is 50.2 Å². The molecular weight excluding hydrogens is 337 g/mol. The first-order valence-corrected chi connectivity index (χ1v) is 4.98. The summed E-state index contributed by atoms with van der Waals surface area (Å²) >= 11 is 5.51. The van der Waals surface area contributed by atoms with E-state index in [1.165, 1.54) is 4.40 Å². The molecule has 0 saturated heterocycles. The Morgan fingerprint density at radius 1 is 1.67 bits per heavy atom. The number of hydrogen-bond donors (Lipinski definition) is 1. The van der Waals surface area contributed by atoms with Gasteiger partial charge in [-0.2, -0.15) is 5.10 Å². The van der Waals surface area contributed by atoms with Gasteiger partial charge in [-0.3, -0.25) is 0 Å². The van der Waals surface area contributed by atoms with Crippen LogP contribution in [0.2, 0.25) is 0 Å². The van der Waals surface area contributed by atoms with E-state index in [0.29, 0.717) is 5.65 Å². The van der Waals surface area contributed by atoms with Crippen molar-refractivity contribution < 1.29 is 0 Å². The predicted octanol–water partition coefficient (Wildman–Crippen LogP) is 1.39. The lowest BCUT2D eigenvalue weighted by Crippen LogP contribution is -2.08. The summed E-state index contributed by atoms with van der Waals surface area (Å²) in [5.41, 5.74) is 0.397. The summed E-state index contributed by atoms with van der Waals surface area (Å²) in [7, 11) is 0. The molecule has 12 heavy (non-hydrogen) atoms.